The van der Waals surface area contributed by atoms with Crippen molar-refractivity contribution < 1.29 is 14.3 Å². The predicted octanol–water partition coefficient (Wildman–Crippen LogP) is 0.810. The highest BCUT2D eigenvalue weighted by molar-refractivity contribution is 5.92. The first-order valence-corrected chi connectivity index (χ1v) is 6.93. The highest BCUT2D eigenvalue weighted by Gasteiger charge is 2.38. The lowest BCUT2D eigenvalue weighted by Gasteiger charge is -2.22. The van der Waals surface area contributed by atoms with Crippen molar-refractivity contribution in [2.24, 2.45) is 0 Å². The number of rotatable bonds is 4. The van der Waals surface area contributed by atoms with Gasteiger partial charge in [-0.25, -0.2) is 9.97 Å². The maximum absolute atomic E-state index is 12.8. The molecule has 1 amide bonds. The van der Waals surface area contributed by atoms with Gasteiger partial charge in [0.05, 0.1) is 19.3 Å². The van der Waals surface area contributed by atoms with Gasteiger partial charge < -0.3 is 19.4 Å². The summed E-state index contributed by atoms with van der Waals surface area (Å²) in [6, 6.07) is 1.58. The number of aromatic nitrogens is 4. The second-order valence-corrected chi connectivity index (χ2v) is 4.97. The van der Waals surface area contributed by atoms with Crippen molar-refractivity contribution in [2.45, 2.75) is 18.6 Å². The molecule has 0 aromatic carbocycles. The number of ether oxygens (including phenoxy) is 2. The third-order valence-corrected chi connectivity index (χ3v) is 3.73. The van der Waals surface area contributed by atoms with Crippen LogP contribution in [0.2, 0.25) is 0 Å². The number of hydrogen-bond acceptors (Lipinski definition) is 6. The van der Waals surface area contributed by atoms with Crippen molar-refractivity contribution in [1.29, 1.82) is 0 Å². The van der Waals surface area contributed by atoms with E-state index in [2.05, 4.69) is 19.9 Å². The molecule has 0 saturated carbocycles. The third-order valence-electron chi connectivity index (χ3n) is 3.73. The molecule has 0 unspecified atom stereocenters. The molecule has 0 bridgehead atoms. The molecule has 2 aromatic rings. The van der Waals surface area contributed by atoms with Crippen molar-refractivity contribution in [2.75, 3.05) is 20.8 Å². The number of carbonyl (C=O) groups is 1. The molecule has 1 N–H and O–H groups in total. The summed E-state index contributed by atoms with van der Waals surface area (Å²) in [5, 5.41) is 0. The summed E-state index contributed by atoms with van der Waals surface area (Å²) in [5.41, 5.74) is 0.292. The van der Waals surface area contributed by atoms with E-state index in [1.54, 1.807) is 30.5 Å². The summed E-state index contributed by atoms with van der Waals surface area (Å²) in [5.74, 6) is 0.551. The van der Waals surface area contributed by atoms with Gasteiger partial charge >= 0.3 is 6.01 Å². The number of nitrogens with zero attached hydrogens (tertiary/aromatic N) is 4. The van der Waals surface area contributed by atoms with E-state index in [0.29, 0.717) is 18.7 Å². The summed E-state index contributed by atoms with van der Waals surface area (Å²) < 4.78 is 10.4. The summed E-state index contributed by atoms with van der Waals surface area (Å²) in [6.45, 7) is 0.493. The summed E-state index contributed by atoms with van der Waals surface area (Å²) in [4.78, 5) is 29.8. The van der Waals surface area contributed by atoms with Gasteiger partial charge in [-0.1, -0.05) is 0 Å². The maximum atomic E-state index is 12.8. The lowest BCUT2D eigenvalue weighted by atomic mass is 10.2. The Kier molecular flexibility index (Phi) is 4.01. The van der Waals surface area contributed by atoms with Crippen LogP contribution in [-0.2, 0) is 4.74 Å². The van der Waals surface area contributed by atoms with Gasteiger partial charge in [0.1, 0.15) is 11.5 Å². The fourth-order valence-corrected chi connectivity index (χ4v) is 2.62. The van der Waals surface area contributed by atoms with Crippen LogP contribution in [0.4, 0.5) is 0 Å². The smallest absolute Gasteiger partial charge is 0.316 e. The first-order valence-electron chi connectivity index (χ1n) is 6.93. The van der Waals surface area contributed by atoms with Crippen molar-refractivity contribution >= 4 is 5.91 Å². The van der Waals surface area contributed by atoms with E-state index in [-0.39, 0.29) is 24.1 Å². The van der Waals surface area contributed by atoms with Gasteiger partial charge in [-0.3, -0.25) is 4.79 Å². The van der Waals surface area contributed by atoms with Gasteiger partial charge in [0.2, 0.25) is 0 Å². The van der Waals surface area contributed by atoms with E-state index in [9.17, 15) is 4.79 Å². The molecule has 1 saturated heterocycles. The highest BCUT2D eigenvalue weighted by atomic mass is 16.5. The first kappa shape index (κ1) is 14.5. The molecule has 1 aliphatic heterocycles. The molecule has 1 aliphatic rings. The van der Waals surface area contributed by atoms with Crippen LogP contribution in [0.15, 0.2) is 24.7 Å². The van der Waals surface area contributed by atoms with Crippen LogP contribution in [0, 0.1) is 0 Å². The molecule has 3 rings (SSSR count). The summed E-state index contributed by atoms with van der Waals surface area (Å²) in [7, 11) is 3.11. The molecule has 116 valence electrons. The minimum atomic E-state index is -0.193. The molecule has 0 radical (unpaired) electrons. The average Bonchev–Trinajstić information content (AvgIpc) is 3.23. The molecule has 8 nitrogen and oxygen atoms in total. The predicted molar refractivity (Wildman–Crippen MR) is 76.4 cm³/mol. The topological polar surface area (TPSA) is 93.2 Å². The van der Waals surface area contributed by atoms with Gasteiger partial charge in [-0.15, -0.1) is 0 Å². The van der Waals surface area contributed by atoms with Crippen molar-refractivity contribution in [3.8, 4) is 6.01 Å². The van der Waals surface area contributed by atoms with E-state index in [4.69, 9.17) is 9.47 Å². The van der Waals surface area contributed by atoms with Gasteiger partial charge in [-0.2, -0.15) is 4.98 Å². The molecule has 8 heteroatoms. The number of likely N-dealkylation sites (tertiary alicyclic amines) is 1. The number of aromatic amines is 1. The van der Waals surface area contributed by atoms with Crippen molar-refractivity contribution in [3.05, 3.63) is 36.2 Å². The number of H-pyrrole nitrogens is 1. The number of carbonyl (C=O) groups excluding carboxylic acids is 1. The van der Waals surface area contributed by atoms with Gasteiger partial charge in [0.15, 0.2) is 0 Å². The van der Waals surface area contributed by atoms with E-state index in [0.717, 1.165) is 5.82 Å². The van der Waals surface area contributed by atoms with Gasteiger partial charge in [0, 0.05) is 38.7 Å². The average molecular weight is 303 g/mol. The van der Waals surface area contributed by atoms with Crippen molar-refractivity contribution in [3.63, 3.8) is 0 Å². The minimum Gasteiger partial charge on any atom is -0.467 e. The second kappa shape index (κ2) is 6.10. The highest BCUT2D eigenvalue weighted by Crippen LogP contribution is 2.32. The SMILES string of the molecule is COc1nccc(C(=O)N2C[C@H](OC)C[C@H]2c2ncc[nH]2)n1. The molecule has 3 heterocycles. The van der Waals surface area contributed by atoms with Crippen LogP contribution in [-0.4, -0.2) is 57.6 Å². The number of nitrogens with one attached hydrogen (secondary N) is 1. The molecule has 22 heavy (non-hydrogen) atoms. The molecular formula is C14H17N5O3. The Morgan fingerprint density at radius 3 is 2.91 bits per heavy atom. The zero-order valence-electron chi connectivity index (χ0n) is 12.4. The number of amides is 1. The molecule has 1 fully saturated rings. The van der Waals surface area contributed by atoms with E-state index in [1.165, 1.54) is 13.3 Å². The van der Waals surface area contributed by atoms with E-state index < -0.39 is 0 Å². The second-order valence-electron chi connectivity index (χ2n) is 4.97. The Morgan fingerprint density at radius 2 is 2.23 bits per heavy atom. The quantitative estimate of drug-likeness (QED) is 0.898. The largest absolute Gasteiger partial charge is 0.467 e. The monoisotopic (exact) mass is 303 g/mol. The normalized spacial score (nSPS) is 21.1. The van der Waals surface area contributed by atoms with Crippen LogP contribution in [0.5, 0.6) is 6.01 Å². The van der Waals surface area contributed by atoms with Crippen LogP contribution in [0.3, 0.4) is 0 Å². The number of imidazole rings is 1. The Hall–Kier alpha value is -2.48. The number of hydrogen-bond donors (Lipinski definition) is 1. The maximum Gasteiger partial charge on any atom is 0.316 e. The molecule has 2 aromatic heterocycles. The lowest BCUT2D eigenvalue weighted by Crippen LogP contribution is -2.33. The first-order chi connectivity index (χ1) is 10.7. The van der Waals surface area contributed by atoms with Crippen molar-refractivity contribution in [1.82, 2.24) is 24.8 Å². The van der Waals surface area contributed by atoms with Crippen LogP contribution < -0.4 is 4.74 Å². The molecule has 0 aliphatic carbocycles. The van der Waals surface area contributed by atoms with Crippen LogP contribution in [0.1, 0.15) is 28.8 Å². The molecule has 2 atom stereocenters. The third kappa shape index (κ3) is 2.64. The minimum absolute atomic E-state index is 0.0252. The van der Waals surface area contributed by atoms with Crippen LogP contribution in [0.25, 0.3) is 0 Å². The van der Waals surface area contributed by atoms with E-state index >= 15 is 0 Å². The lowest BCUT2D eigenvalue weighted by molar-refractivity contribution is 0.0677. The Bertz CT molecular complexity index is 646. The molecule has 0 spiro atoms. The summed E-state index contributed by atoms with van der Waals surface area (Å²) in [6.07, 6.45) is 5.59. The van der Waals surface area contributed by atoms with Gasteiger partial charge in [0.25, 0.3) is 5.91 Å². The summed E-state index contributed by atoms with van der Waals surface area (Å²) >= 11 is 0. The molecular weight excluding hydrogens is 286 g/mol. The Morgan fingerprint density at radius 1 is 1.36 bits per heavy atom. The standard InChI is InChI=1S/C14H17N5O3/c1-21-9-7-11(12-15-5-6-16-12)19(8-9)13(20)10-3-4-17-14(18-10)22-2/h3-6,9,11H,7-8H2,1-2H3,(H,15,16)/t9-,11+/m1/s1. The Labute approximate surface area is 127 Å². The van der Waals surface area contributed by atoms with Crippen LogP contribution >= 0.6 is 0 Å². The fraction of sp³-hybridized carbons (Fsp3) is 0.429. The number of methoxy groups -OCH3 is 2. The zero-order chi connectivity index (χ0) is 15.5. The fourth-order valence-electron chi connectivity index (χ4n) is 2.62. The Balaban J connectivity index is 1.88. The zero-order valence-corrected chi connectivity index (χ0v) is 12.4. The van der Waals surface area contributed by atoms with Gasteiger partial charge in [-0.05, 0) is 6.07 Å². The van der Waals surface area contributed by atoms with E-state index in [1.807, 2.05) is 0 Å².